The van der Waals surface area contributed by atoms with E-state index in [9.17, 15) is 9.90 Å². The molecule has 7 nitrogen and oxygen atoms in total. The van der Waals surface area contributed by atoms with Crippen LogP contribution in [0.2, 0.25) is 0 Å². The zero-order valence-electron chi connectivity index (χ0n) is 12.4. The van der Waals surface area contributed by atoms with Gasteiger partial charge in [-0.15, -0.1) is 0 Å². The third kappa shape index (κ3) is 3.84. The Morgan fingerprint density at radius 2 is 2.19 bits per heavy atom. The Hall–Kier alpha value is -1.38. The summed E-state index contributed by atoms with van der Waals surface area (Å²) in [5, 5.41) is 16.2. The zero-order valence-corrected chi connectivity index (χ0v) is 13.2. The maximum absolute atomic E-state index is 12.3. The number of piperazine rings is 1. The van der Waals surface area contributed by atoms with Gasteiger partial charge in [-0.25, -0.2) is 4.98 Å². The molecule has 1 aliphatic rings. The number of nitrogen functional groups attached to an aromatic ring is 1. The summed E-state index contributed by atoms with van der Waals surface area (Å²) in [5.41, 5.74) is 5.88. The normalized spacial score (nSPS) is 17.0. The number of aromatic nitrogens is 1. The topological polar surface area (TPSA) is 104 Å². The number of nitrogens with zero attached hydrogens (tertiary/aromatic N) is 2. The van der Waals surface area contributed by atoms with Crippen LogP contribution in [0.1, 0.15) is 23.5 Å². The van der Waals surface area contributed by atoms with Gasteiger partial charge in [0.2, 0.25) is 0 Å². The molecule has 0 spiro atoms. The third-order valence-corrected chi connectivity index (χ3v) is 4.68. The smallest absolute Gasteiger partial charge is 0.265 e. The molecule has 0 unspecified atom stereocenters. The lowest BCUT2D eigenvalue weighted by Gasteiger charge is -2.26. The highest BCUT2D eigenvalue weighted by Gasteiger charge is 2.23. The van der Waals surface area contributed by atoms with Gasteiger partial charge in [-0.05, 0) is 5.92 Å². The lowest BCUT2D eigenvalue weighted by molar-refractivity contribution is 0.0901. The van der Waals surface area contributed by atoms with E-state index in [0.717, 1.165) is 31.3 Å². The number of thiazole rings is 1. The van der Waals surface area contributed by atoms with E-state index in [0.29, 0.717) is 4.88 Å². The Morgan fingerprint density at radius 1 is 1.52 bits per heavy atom. The molecule has 1 atom stereocenters. The van der Waals surface area contributed by atoms with Gasteiger partial charge >= 0.3 is 0 Å². The molecule has 2 heterocycles. The molecule has 0 aliphatic carbocycles. The second-order valence-corrected chi connectivity index (χ2v) is 6.43. The fraction of sp³-hybridized carbons (Fsp3) is 0.692. The molecule has 5 N–H and O–H groups in total. The van der Waals surface area contributed by atoms with Gasteiger partial charge in [0.1, 0.15) is 10.7 Å². The number of aliphatic hydroxyl groups excluding tert-OH is 1. The molecule has 1 saturated heterocycles. The molecule has 8 heteroatoms. The molecular weight excluding hydrogens is 290 g/mol. The van der Waals surface area contributed by atoms with Crippen LogP contribution in [0.15, 0.2) is 0 Å². The Labute approximate surface area is 128 Å². The van der Waals surface area contributed by atoms with Crippen molar-refractivity contribution in [3.8, 4) is 0 Å². The summed E-state index contributed by atoms with van der Waals surface area (Å²) in [4.78, 5) is 19.1. The number of nitrogens with one attached hydrogen (secondary N) is 2. The highest BCUT2D eigenvalue weighted by atomic mass is 32.1. The molecule has 0 saturated carbocycles. The number of aliphatic hydroxyl groups is 1. The van der Waals surface area contributed by atoms with Crippen molar-refractivity contribution in [2.75, 3.05) is 43.4 Å². The van der Waals surface area contributed by atoms with Crippen molar-refractivity contribution >= 4 is 28.2 Å². The summed E-state index contributed by atoms with van der Waals surface area (Å²) in [6.07, 6.45) is 0. The standard InChI is InChI=1S/C13H23N5O2S/c1-8(2)9(7-19)16-12(20)10-11(14)17-13(21-10)18-5-3-15-4-6-18/h8-9,15,19H,3-7,14H2,1-2H3,(H,16,20)/t9-/m1/s1. The Morgan fingerprint density at radius 3 is 2.76 bits per heavy atom. The quantitative estimate of drug-likeness (QED) is 0.604. The number of carbonyl (C=O) groups is 1. The van der Waals surface area contributed by atoms with Crippen molar-refractivity contribution in [3.05, 3.63) is 4.88 Å². The van der Waals surface area contributed by atoms with E-state index in [1.54, 1.807) is 0 Å². The fourth-order valence-electron chi connectivity index (χ4n) is 2.13. The third-order valence-electron chi connectivity index (χ3n) is 3.55. The van der Waals surface area contributed by atoms with E-state index in [2.05, 4.69) is 20.5 Å². The van der Waals surface area contributed by atoms with Crippen LogP contribution in [0.25, 0.3) is 0 Å². The highest BCUT2D eigenvalue weighted by Crippen LogP contribution is 2.28. The lowest BCUT2D eigenvalue weighted by Crippen LogP contribution is -2.43. The van der Waals surface area contributed by atoms with Gasteiger partial charge in [0.25, 0.3) is 5.91 Å². The van der Waals surface area contributed by atoms with E-state index in [-0.39, 0.29) is 30.3 Å². The minimum atomic E-state index is -0.276. The molecule has 21 heavy (non-hydrogen) atoms. The predicted octanol–water partition coefficient (Wildman–Crippen LogP) is -0.118. The van der Waals surface area contributed by atoms with Crippen LogP contribution in [0.3, 0.4) is 0 Å². The maximum Gasteiger partial charge on any atom is 0.265 e. The van der Waals surface area contributed by atoms with E-state index >= 15 is 0 Å². The van der Waals surface area contributed by atoms with Crippen LogP contribution in [0, 0.1) is 5.92 Å². The van der Waals surface area contributed by atoms with Crippen molar-refractivity contribution in [1.29, 1.82) is 0 Å². The second-order valence-electron chi connectivity index (χ2n) is 5.45. The fourth-order valence-corrected chi connectivity index (χ4v) is 3.07. The van der Waals surface area contributed by atoms with E-state index < -0.39 is 0 Å². The summed E-state index contributed by atoms with van der Waals surface area (Å²) >= 11 is 1.31. The summed E-state index contributed by atoms with van der Waals surface area (Å²) in [6, 6.07) is -0.276. The Balaban J connectivity index is 2.09. The number of rotatable bonds is 5. The molecular formula is C13H23N5O2S. The number of anilines is 2. The average Bonchev–Trinajstić information content (AvgIpc) is 2.87. The van der Waals surface area contributed by atoms with E-state index in [1.165, 1.54) is 11.3 Å². The highest BCUT2D eigenvalue weighted by molar-refractivity contribution is 7.18. The molecule has 2 rings (SSSR count). The van der Waals surface area contributed by atoms with Crippen LogP contribution >= 0.6 is 11.3 Å². The van der Waals surface area contributed by atoms with Gasteiger partial charge < -0.3 is 26.4 Å². The van der Waals surface area contributed by atoms with Gasteiger partial charge in [0.15, 0.2) is 5.13 Å². The van der Waals surface area contributed by atoms with E-state index in [1.807, 2.05) is 13.8 Å². The number of hydrogen-bond acceptors (Lipinski definition) is 7. The van der Waals surface area contributed by atoms with Gasteiger partial charge in [-0.1, -0.05) is 25.2 Å². The monoisotopic (exact) mass is 313 g/mol. The van der Waals surface area contributed by atoms with Gasteiger partial charge in [0, 0.05) is 26.2 Å². The van der Waals surface area contributed by atoms with Crippen LogP contribution in [-0.2, 0) is 0 Å². The number of carbonyl (C=O) groups excluding carboxylic acids is 1. The first kappa shape index (κ1) is 16.0. The van der Waals surface area contributed by atoms with Gasteiger partial charge in [-0.3, -0.25) is 4.79 Å². The Kier molecular flexibility index (Phi) is 5.38. The maximum atomic E-state index is 12.3. The van der Waals surface area contributed by atoms with Crippen molar-refractivity contribution < 1.29 is 9.90 Å². The van der Waals surface area contributed by atoms with Crippen molar-refractivity contribution in [2.24, 2.45) is 5.92 Å². The Bertz CT molecular complexity index is 485. The van der Waals surface area contributed by atoms with Crippen LogP contribution in [0.4, 0.5) is 10.9 Å². The average molecular weight is 313 g/mol. The minimum Gasteiger partial charge on any atom is -0.394 e. The lowest BCUT2D eigenvalue weighted by atomic mass is 10.1. The minimum absolute atomic E-state index is 0.0905. The van der Waals surface area contributed by atoms with Crippen LogP contribution in [0.5, 0.6) is 0 Å². The first-order valence-electron chi connectivity index (χ1n) is 7.16. The molecule has 0 aromatic carbocycles. The molecule has 118 valence electrons. The van der Waals surface area contributed by atoms with Crippen LogP contribution in [-0.4, -0.2) is 54.8 Å². The van der Waals surface area contributed by atoms with Crippen LogP contribution < -0.4 is 21.3 Å². The van der Waals surface area contributed by atoms with Crippen molar-refractivity contribution in [1.82, 2.24) is 15.6 Å². The zero-order chi connectivity index (χ0) is 15.4. The number of nitrogens with two attached hydrogens (primary N) is 1. The summed E-state index contributed by atoms with van der Waals surface area (Å²) < 4.78 is 0. The molecule has 1 fully saturated rings. The number of amides is 1. The molecule has 1 aliphatic heterocycles. The first-order valence-corrected chi connectivity index (χ1v) is 7.98. The predicted molar refractivity (Wildman–Crippen MR) is 84.8 cm³/mol. The summed E-state index contributed by atoms with van der Waals surface area (Å²) in [7, 11) is 0. The van der Waals surface area contributed by atoms with Gasteiger partial charge in [-0.2, -0.15) is 0 Å². The van der Waals surface area contributed by atoms with E-state index in [4.69, 9.17) is 5.73 Å². The first-order chi connectivity index (χ1) is 10.0. The molecule has 1 aromatic rings. The molecule has 1 amide bonds. The number of hydrogen-bond donors (Lipinski definition) is 4. The SMILES string of the molecule is CC(C)[C@@H](CO)NC(=O)c1sc(N2CCNCC2)nc1N. The van der Waals surface area contributed by atoms with Crippen molar-refractivity contribution in [2.45, 2.75) is 19.9 Å². The second kappa shape index (κ2) is 7.06. The summed E-state index contributed by atoms with van der Waals surface area (Å²) in [5.74, 6) is 0.145. The molecule has 0 bridgehead atoms. The summed E-state index contributed by atoms with van der Waals surface area (Å²) in [6.45, 7) is 7.33. The van der Waals surface area contributed by atoms with Crippen molar-refractivity contribution in [3.63, 3.8) is 0 Å². The molecule has 0 radical (unpaired) electrons. The largest absolute Gasteiger partial charge is 0.394 e. The van der Waals surface area contributed by atoms with Gasteiger partial charge in [0.05, 0.1) is 12.6 Å². The molecule has 1 aromatic heterocycles.